The minimum atomic E-state index is 0.160. The van der Waals surface area contributed by atoms with Crippen molar-refractivity contribution in [2.45, 2.75) is 19.3 Å². The van der Waals surface area contributed by atoms with E-state index in [2.05, 4.69) is 85.0 Å². The van der Waals surface area contributed by atoms with Gasteiger partial charge in [-0.2, -0.15) is 0 Å². The molecule has 0 aromatic heterocycles. The topological polar surface area (TPSA) is 0 Å². The number of fused-ring (bicyclic) bond motifs is 3. The third kappa shape index (κ3) is 1.90. The van der Waals surface area contributed by atoms with E-state index in [4.69, 9.17) is 0 Å². The normalized spacial score (nSPS) is 14.4. The third-order valence-corrected chi connectivity index (χ3v) is 3.49. The van der Waals surface area contributed by atoms with E-state index in [-0.39, 0.29) is 5.41 Å². The fraction of sp³-hybridized carbons (Fsp3) is 0.250. The Balaban J connectivity index is 0.000000514. The highest BCUT2D eigenvalue weighted by molar-refractivity contribution is 14.1. The van der Waals surface area contributed by atoms with E-state index in [1.807, 2.05) is 4.93 Å². The predicted molar refractivity (Wildman–Crippen MR) is 84.0 cm³/mol. The lowest BCUT2D eigenvalue weighted by Gasteiger charge is -2.20. The Bertz CT molecular complexity index is 479. The van der Waals surface area contributed by atoms with Gasteiger partial charge in [0.05, 0.1) is 0 Å². The van der Waals surface area contributed by atoms with Gasteiger partial charge >= 0.3 is 0 Å². The van der Waals surface area contributed by atoms with Crippen LogP contribution in [0.2, 0.25) is 0 Å². The smallest absolute Gasteiger partial charge is 0.0158 e. The number of halogens is 1. The van der Waals surface area contributed by atoms with Crippen LogP contribution < -0.4 is 0 Å². The third-order valence-electron chi connectivity index (χ3n) is 3.49. The molecule has 0 nitrogen and oxygen atoms in total. The van der Waals surface area contributed by atoms with Crippen molar-refractivity contribution in [3.63, 3.8) is 0 Å². The van der Waals surface area contributed by atoms with Crippen molar-refractivity contribution in [1.82, 2.24) is 0 Å². The van der Waals surface area contributed by atoms with Gasteiger partial charge < -0.3 is 0 Å². The van der Waals surface area contributed by atoms with Gasteiger partial charge in [-0.15, -0.1) is 0 Å². The van der Waals surface area contributed by atoms with Gasteiger partial charge in [0.1, 0.15) is 0 Å². The van der Waals surface area contributed by atoms with E-state index >= 15 is 0 Å². The van der Waals surface area contributed by atoms with E-state index in [0.29, 0.717) is 0 Å². The quantitative estimate of drug-likeness (QED) is 0.467. The largest absolute Gasteiger partial charge is 0.0901 e. The van der Waals surface area contributed by atoms with Crippen molar-refractivity contribution in [2.75, 3.05) is 4.93 Å². The molecule has 2 aromatic carbocycles. The highest BCUT2D eigenvalue weighted by Gasteiger charge is 2.34. The van der Waals surface area contributed by atoms with Gasteiger partial charge in [0.2, 0.25) is 0 Å². The summed E-state index contributed by atoms with van der Waals surface area (Å²) in [4.78, 5) is 1.97. The van der Waals surface area contributed by atoms with Crippen LogP contribution in [0, 0.1) is 0 Å². The Hall–Kier alpha value is -0.830. The summed E-state index contributed by atoms with van der Waals surface area (Å²) in [6, 6.07) is 17.4. The van der Waals surface area contributed by atoms with Crippen LogP contribution in [0.3, 0.4) is 0 Å². The molecule has 3 rings (SSSR count). The van der Waals surface area contributed by atoms with Gasteiger partial charge in [-0.1, -0.05) is 85.0 Å². The first-order chi connectivity index (χ1) is 8.21. The Morgan fingerprint density at radius 2 is 1.06 bits per heavy atom. The summed E-state index contributed by atoms with van der Waals surface area (Å²) in [6.07, 6.45) is 0. The van der Waals surface area contributed by atoms with Crippen LogP contribution in [0.5, 0.6) is 0 Å². The van der Waals surface area contributed by atoms with Crippen molar-refractivity contribution in [2.24, 2.45) is 0 Å². The SMILES string of the molecule is CC1(C)c2ccccc2-c2ccccc21.CI. The second kappa shape index (κ2) is 4.81. The lowest BCUT2D eigenvalue weighted by molar-refractivity contribution is 0.660. The summed E-state index contributed by atoms with van der Waals surface area (Å²) in [6.45, 7) is 4.61. The molecule has 0 N–H and O–H groups in total. The molecule has 0 saturated carbocycles. The van der Waals surface area contributed by atoms with Crippen LogP contribution in [-0.4, -0.2) is 4.93 Å². The highest BCUT2D eigenvalue weighted by Crippen LogP contribution is 2.47. The summed E-state index contributed by atoms with van der Waals surface area (Å²) in [7, 11) is 0. The molecule has 0 bridgehead atoms. The number of benzene rings is 2. The molecule has 0 saturated heterocycles. The molecule has 0 radical (unpaired) electrons. The van der Waals surface area contributed by atoms with E-state index in [0.717, 1.165) is 0 Å². The number of rotatable bonds is 0. The second-order valence-electron chi connectivity index (χ2n) is 4.72. The number of alkyl halides is 1. The Morgan fingerprint density at radius 1 is 0.706 bits per heavy atom. The standard InChI is InChI=1S/C15H14.CH3I/c1-15(2)13-9-5-3-7-11(13)12-8-4-6-10-14(12)15;1-2/h3-10H,1-2H3;1H3. The fourth-order valence-electron chi connectivity index (χ4n) is 2.67. The Kier molecular flexibility index (Phi) is 3.57. The van der Waals surface area contributed by atoms with Gasteiger partial charge in [-0.05, 0) is 27.2 Å². The van der Waals surface area contributed by atoms with Crippen LogP contribution in [0.25, 0.3) is 11.1 Å². The van der Waals surface area contributed by atoms with Crippen molar-refractivity contribution in [1.29, 1.82) is 0 Å². The zero-order chi connectivity index (χ0) is 12.5. The van der Waals surface area contributed by atoms with Gasteiger partial charge in [0.25, 0.3) is 0 Å². The van der Waals surface area contributed by atoms with Crippen molar-refractivity contribution in [3.05, 3.63) is 59.7 Å². The summed E-state index contributed by atoms with van der Waals surface area (Å²) in [5, 5.41) is 0. The van der Waals surface area contributed by atoms with Crippen LogP contribution in [-0.2, 0) is 5.41 Å². The minimum Gasteiger partial charge on any atom is -0.0901 e. The van der Waals surface area contributed by atoms with Crippen molar-refractivity contribution >= 4 is 22.6 Å². The van der Waals surface area contributed by atoms with E-state index < -0.39 is 0 Å². The van der Waals surface area contributed by atoms with Crippen molar-refractivity contribution in [3.8, 4) is 11.1 Å². The lowest BCUT2D eigenvalue weighted by Crippen LogP contribution is -2.14. The fourth-order valence-corrected chi connectivity index (χ4v) is 2.67. The molecule has 0 spiro atoms. The van der Waals surface area contributed by atoms with E-state index in [1.54, 1.807) is 0 Å². The van der Waals surface area contributed by atoms with Gasteiger partial charge in [0, 0.05) is 5.41 Å². The van der Waals surface area contributed by atoms with Crippen LogP contribution in [0.15, 0.2) is 48.5 Å². The molecule has 88 valence electrons. The molecular weight excluding hydrogens is 319 g/mol. The average Bonchev–Trinajstić information content (AvgIpc) is 2.63. The molecule has 0 aliphatic heterocycles. The van der Waals surface area contributed by atoms with Crippen LogP contribution >= 0.6 is 22.6 Å². The zero-order valence-corrected chi connectivity index (χ0v) is 12.7. The van der Waals surface area contributed by atoms with Crippen LogP contribution in [0.4, 0.5) is 0 Å². The first-order valence-electron chi connectivity index (χ1n) is 5.78. The molecular formula is C16H17I. The molecule has 2 aromatic rings. The van der Waals surface area contributed by atoms with Crippen LogP contribution in [0.1, 0.15) is 25.0 Å². The Labute approximate surface area is 117 Å². The average molecular weight is 336 g/mol. The highest BCUT2D eigenvalue weighted by atomic mass is 127. The molecule has 0 unspecified atom stereocenters. The summed E-state index contributed by atoms with van der Waals surface area (Å²) in [5.74, 6) is 0. The molecule has 0 amide bonds. The molecule has 1 heteroatoms. The molecule has 0 atom stereocenters. The van der Waals surface area contributed by atoms with Gasteiger partial charge in [-0.25, -0.2) is 0 Å². The monoisotopic (exact) mass is 336 g/mol. The molecule has 0 heterocycles. The lowest BCUT2D eigenvalue weighted by atomic mass is 9.82. The number of hydrogen-bond donors (Lipinski definition) is 0. The maximum Gasteiger partial charge on any atom is 0.0158 e. The first-order valence-corrected chi connectivity index (χ1v) is 7.94. The van der Waals surface area contributed by atoms with Crippen molar-refractivity contribution < 1.29 is 0 Å². The first kappa shape index (κ1) is 12.6. The molecule has 0 fully saturated rings. The maximum absolute atomic E-state index is 2.30. The van der Waals surface area contributed by atoms with Gasteiger partial charge in [-0.3, -0.25) is 0 Å². The summed E-state index contributed by atoms with van der Waals surface area (Å²) in [5.41, 5.74) is 5.86. The zero-order valence-electron chi connectivity index (χ0n) is 10.5. The predicted octanol–water partition coefficient (Wildman–Crippen LogP) is 5.04. The summed E-state index contributed by atoms with van der Waals surface area (Å²) < 4.78 is 0. The molecule has 17 heavy (non-hydrogen) atoms. The minimum absolute atomic E-state index is 0.160. The van der Waals surface area contributed by atoms with E-state index in [1.165, 1.54) is 22.3 Å². The van der Waals surface area contributed by atoms with Gasteiger partial charge in [0.15, 0.2) is 0 Å². The molecule has 1 aliphatic rings. The maximum atomic E-state index is 2.30. The molecule has 1 aliphatic carbocycles. The summed E-state index contributed by atoms with van der Waals surface area (Å²) >= 11 is 2.15. The number of hydrogen-bond acceptors (Lipinski definition) is 0. The Morgan fingerprint density at radius 3 is 1.47 bits per heavy atom. The second-order valence-corrected chi connectivity index (χ2v) is 4.72. The van der Waals surface area contributed by atoms with E-state index in [9.17, 15) is 0 Å².